The molecule has 0 saturated carbocycles. The molecule has 0 spiro atoms. The molecule has 4 amide bonds. The standard InChI is InChI=1S/C21H21N3O4/c1-14(25)22-12-15-8-10-16(11-9-15)18(26)13-24-19(27)21(2,23-20(24)28)17-6-4-3-5-7-17/h3-11H,12-13H2,1-2H3,(H,22,25)(H,23,28)/t21-/m0/s1. The average molecular weight is 379 g/mol. The minimum atomic E-state index is -1.19. The van der Waals surface area contributed by atoms with Crippen molar-refractivity contribution in [1.29, 1.82) is 0 Å². The molecule has 1 aliphatic rings. The summed E-state index contributed by atoms with van der Waals surface area (Å²) in [4.78, 5) is 49.7. The second-order valence-corrected chi connectivity index (χ2v) is 6.84. The summed E-state index contributed by atoms with van der Waals surface area (Å²) >= 11 is 0. The first-order valence-electron chi connectivity index (χ1n) is 8.87. The molecule has 7 nitrogen and oxygen atoms in total. The Hall–Kier alpha value is -3.48. The summed E-state index contributed by atoms with van der Waals surface area (Å²) in [6.45, 7) is 3.09. The highest BCUT2D eigenvalue weighted by Gasteiger charge is 2.49. The molecule has 0 bridgehead atoms. The Kier molecular flexibility index (Phi) is 5.26. The number of benzene rings is 2. The number of Topliss-reactive ketones (excluding diaryl/α,β-unsaturated/α-hetero) is 1. The number of nitrogens with zero attached hydrogens (tertiary/aromatic N) is 1. The zero-order valence-electron chi connectivity index (χ0n) is 15.7. The van der Waals surface area contributed by atoms with Crippen LogP contribution in [-0.4, -0.2) is 35.1 Å². The van der Waals surface area contributed by atoms with Crippen LogP contribution in [0.3, 0.4) is 0 Å². The molecule has 1 aliphatic heterocycles. The Bertz CT molecular complexity index is 924. The summed E-state index contributed by atoms with van der Waals surface area (Å²) in [6.07, 6.45) is 0. The van der Waals surface area contributed by atoms with Crippen LogP contribution < -0.4 is 10.6 Å². The van der Waals surface area contributed by atoms with E-state index in [2.05, 4.69) is 10.6 Å². The smallest absolute Gasteiger partial charge is 0.325 e. The van der Waals surface area contributed by atoms with Crippen molar-refractivity contribution in [3.05, 3.63) is 71.3 Å². The fourth-order valence-electron chi connectivity index (χ4n) is 3.08. The van der Waals surface area contributed by atoms with Crippen molar-refractivity contribution in [2.45, 2.75) is 25.9 Å². The van der Waals surface area contributed by atoms with Gasteiger partial charge >= 0.3 is 6.03 Å². The highest BCUT2D eigenvalue weighted by Crippen LogP contribution is 2.28. The summed E-state index contributed by atoms with van der Waals surface area (Å²) in [5, 5.41) is 5.36. The highest BCUT2D eigenvalue weighted by molar-refractivity contribution is 6.11. The SMILES string of the molecule is CC(=O)NCc1ccc(C(=O)CN2C(=O)N[C@@](C)(c3ccccc3)C2=O)cc1. The van der Waals surface area contributed by atoms with E-state index in [0.29, 0.717) is 17.7 Å². The van der Waals surface area contributed by atoms with Gasteiger partial charge in [-0.25, -0.2) is 4.79 Å². The van der Waals surface area contributed by atoms with Crippen LogP contribution in [0.2, 0.25) is 0 Å². The minimum Gasteiger partial charge on any atom is -0.352 e. The normalized spacial score (nSPS) is 18.7. The molecule has 1 saturated heterocycles. The Morgan fingerprint density at radius 2 is 1.68 bits per heavy atom. The van der Waals surface area contributed by atoms with Crippen LogP contribution in [0, 0.1) is 0 Å². The van der Waals surface area contributed by atoms with Gasteiger partial charge in [0.05, 0.1) is 6.54 Å². The van der Waals surface area contributed by atoms with Crippen LogP contribution in [-0.2, 0) is 21.7 Å². The van der Waals surface area contributed by atoms with Gasteiger partial charge in [-0.05, 0) is 18.1 Å². The van der Waals surface area contributed by atoms with E-state index in [1.165, 1.54) is 6.92 Å². The number of hydrogen-bond donors (Lipinski definition) is 2. The van der Waals surface area contributed by atoms with Gasteiger partial charge in [0.1, 0.15) is 5.54 Å². The van der Waals surface area contributed by atoms with Gasteiger partial charge in [-0.3, -0.25) is 19.3 Å². The van der Waals surface area contributed by atoms with Gasteiger partial charge < -0.3 is 10.6 Å². The van der Waals surface area contributed by atoms with Gasteiger partial charge in [0.15, 0.2) is 5.78 Å². The lowest BCUT2D eigenvalue weighted by molar-refractivity contribution is -0.130. The van der Waals surface area contributed by atoms with Crippen molar-refractivity contribution < 1.29 is 19.2 Å². The lowest BCUT2D eigenvalue weighted by Crippen LogP contribution is -2.41. The monoisotopic (exact) mass is 379 g/mol. The quantitative estimate of drug-likeness (QED) is 0.593. The van der Waals surface area contributed by atoms with Gasteiger partial charge in [-0.15, -0.1) is 0 Å². The lowest BCUT2D eigenvalue weighted by atomic mass is 9.92. The second-order valence-electron chi connectivity index (χ2n) is 6.84. The lowest BCUT2D eigenvalue weighted by Gasteiger charge is -2.22. The van der Waals surface area contributed by atoms with E-state index in [4.69, 9.17) is 0 Å². The molecule has 144 valence electrons. The van der Waals surface area contributed by atoms with E-state index in [1.54, 1.807) is 55.5 Å². The summed E-state index contributed by atoms with van der Waals surface area (Å²) in [5.41, 5.74) is 0.699. The molecule has 0 aliphatic carbocycles. The number of amides is 4. The Balaban J connectivity index is 1.71. The van der Waals surface area contributed by atoms with E-state index >= 15 is 0 Å². The van der Waals surface area contributed by atoms with E-state index in [-0.39, 0.29) is 18.2 Å². The highest BCUT2D eigenvalue weighted by atomic mass is 16.2. The van der Waals surface area contributed by atoms with Gasteiger partial charge in [0, 0.05) is 19.0 Å². The molecule has 0 radical (unpaired) electrons. The summed E-state index contributed by atoms with van der Waals surface area (Å²) in [5.74, 6) is -0.939. The van der Waals surface area contributed by atoms with Crippen LogP contribution in [0.1, 0.15) is 35.3 Å². The van der Waals surface area contributed by atoms with E-state index in [0.717, 1.165) is 10.5 Å². The zero-order chi connectivity index (χ0) is 20.3. The maximum Gasteiger partial charge on any atom is 0.325 e. The molecule has 0 aromatic heterocycles. The molecule has 7 heteroatoms. The number of imide groups is 1. The third kappa shape index (κ3) is 3.78. The number of urea groups is 1. The molecule has 2 N–H and O–H groups in total. The van der Waals surface area contributed by atoms with Crippen molar-refractivity contribution in [2.24, 2.45) is 0 Å². The van der Waals surface area contributed by atoms with Crippen molar-refractivity contribution in [1.82, 2.24) is 15.5 Å². The van der Waals surface area contributed by atoms with Gasteiger partial charge in [0.2, 0.25) is 5.91 Å². The average Bonchev–Trinajstić information content (AvgIpc) is 2.91. The van der Waals surface area contributed by atoms with Crippen molar-refractivity contribution in [3.63, 3.8) is 0 Å². The van der Waals surface area contributed by atoms with E-state index in [9.17, 15) is 19.2 Å². The van der Waals surface area contributed by atoms with Crippen LogP contribution in [0.4, 0.5) is 4.79 Å². The maximum absolute atomic E-state index is 12.9. The largest absolute Gasteiger partial charge is 0.352 e. The predicted octanol–water partition coefficient (Wildman–Crippen LogP) is 1.97. The molecule has 2 aromatic rings. The first kappa shape index (κ1) is 19.3. The second kappa shape index (κ2) is 7.64. The number of carbonyl (C=O) groups excluding carboxylic acids is 4. The van der Waals surface area contributed by atoms with Gasteiger partial charge in [-0.2, -0.15) is 0 Å². The Labute approximate surface area is 162 Å². The fraction of sp³-hybridized carbons (Fsp3) is 0.238. The molecule has 0 unspecified atom stereocenters. The van der Waals surface area contributed by atoms with Crippen LogP contribution in [0.5, 0.6) is 0 Å². The van der Waals surface area contributed by atoms with Crippen molar-refractivity contribution in [3.8, 4) is 0 Å². The summed E-state index contributed by atoms with van der Waals surface area (Å²) in [6, 6.07) is 15.0. The number of ketones is 1. The summed E-state index contributed by atoms with van der Waals surface area (Å²) < 4.78 is 0. The Morgan fingerprint density at radius 1 is 1.04 bits per heavy atom. The number of nitrogens with one attached hydrogen (secondary N) is 2. The van der Waals surface area contributed by atoms with E-state index < -0.39 is 17.5 Å². The molecular weight excluding hydrogens is 358 g/mol. The molecule has 1 fully saturated rings. The number of rotatable bonds is 6. The number of hydrogen-bond acceptors (Lipinski definition) is 4. The summed E-state index contributed by atoms with van der Waals surface area (Å²) in [7, 11) is 0. The Morgan fingerprint density at radius 3 is 2.29 bits per heavy atom. The van der Waals surface area contributed by atoms with Crippen LogP contribution in [0.25, 0.3) is 0 Å². The van der Waals surface area contributed by atoms with Crippen molar-refractivity contribution >= 4 is 23.6 Å². The molecule has 1 heterocycles. The van der Waals surface area contributed by atoms with Crippen LogP contribution >= 0.6 is 0 Å². The minimum absolute atomic E-state index is 0.139. The van der Waals surface area contributed by atoms with Crippen molar-refractivity contribution in [2.75, 3.05) is 6.54 Å². The topological polar surface area (TPSA) is 95.6 Å². The first-order chi connectivity index (χ1) is 13.3. The van der Waals surface area contributed by atoms with E-state index in [1.807, 2.05) is 6.07 Å². The predicted molar refractivity (Wildman–Crippen MR) is 102 cm³/mol. The third-order valence-corrected chi connectivity index (χ3v) is 4.75. The number of carbonyl (C=O) groups is 4. The molecule has 3 rings (SSSR count). The zero-order valence-corrected chi connectivity index (χ0v) is 15.7. The maximum atomic E-state index is 12.9. The molecule has 1 atom stereocenters. The van der Waals surface area contributed by atoms with Gasteiger partial charge in [-0.1, -0.05) is 54.6 Å². The fourth-order valence-corrected chi connectivity index (χ4v) is 3.08. The molecular formula is C21H21N3O4. The van der Waals surface area contributed by atoms with Gasteiger partial charge in [0.25, 0.3) is 5.91 Å². The third-order valence-electron chi connectivity index (χ3n) is 4.75. The molecule has 28 heavy (non-hydrogen) atoms. The van der Waals surface area contributed by atoms with Crippen LogP contribution in [0.15, 0.2) is 54.6 Å². The molecule has 2 aromatic carbocycles. The first-order valence-corrected chi connectivity index (χ1v) is 8.87.